The minimum atomic E-state index is -4.49. The zero-order chi connectivity index (χ0) is 29.5. The number of anilines is 1. The lowest BCUT2D eigenvalue weighted by molar-refractivity contribution is -0.128. The van der Waals surface area contributed by atoms with Gasteiger partial charge in [0.2, 0.25) is 5.91 Å². The van der Waals surface area contributed by atoms with Crippen LogP contribution in [0.1, 0.15) is 27.9 Å². The third kappa shape index (κ3) is 9.46. The molecule has 0 radical (unpaired) electrons. The molecule has 3 N–H and O–H groups in total. The molecule has 216 valence electrons. The van der Waals surface area contributed by atoms with Gasteiger partial charge in [0.15, 0.2) is 0 Å². The van der Waals surface area contributed by atoms with E-state index in [1.807, 2.05) is 4.72 Å². The van der Waals surface area contributed by atoms with Gasteiger partial charge in [-0.25, -0.2) is 9.78 Å². The van der Waals surface area contributed by atoms with Crippen LogP contribution >= 0.6 is 11.3 Å². The van der Waals surface area contributed by atoms with Crippen LogP contribution in [0.3, 0.4) is 0 Å². The topological polar surface area (TPSA) is 151 Å². The minimum absolute atomic E-state index is 0.0702. The molecular formula is C24H26F3N5O6S2. The molecule has 0 aliphatic heterocycles. The number of carbonyl (C=O) groups is 2. The van der Waals surface area contributed by atoms with Gasteiger partial charge in [-0.05, 0) is 41.8 Å². The smallest absolute Gasteiger partial charge is 0.409 e. The highest BCUT2D eigenvalue weighted by molar-refractivity contribution is 7.87. The van der Waals surface area contributed by atoms with Gasteiger partial charge in [0.1, 0.15) is 11.0 Å². The van der Waals surface area contributed by atoms with Gasteiger partial charge in [-0.1, -0.05) is 12.1 Å². The summed E-state index contributed by atoms with van der Waals surface area (Å²) >= 11 is 0.941. The van der Waals surface area contributed by atoms with Crippen LogP contribution in [-0.2, 0) is 39.1 Å². The van der Waals surface area contributed by atoms with Gasteiger partial charge in [-0.3, -0.25) is 24.0 Å². The third-order valence-electron chi connectivity index (χ3n) is 5.62. The Balaban J connectivity index is 1.90. The summed E-state index contributed by atoms with van der Waals surface area (Å²) in [7, 11) is -1.94. The maximum absolute atomic E-state index is 13.5. The van der Waals surface area contributed by atoms with Gasteiger partial charge in [0, 0.05) is 31.2 Å². The first-order valence-corrected chi connectivity index (χ1v) is 13.9. The molecule has 40 heavy (non-hydrogen) atoms. The van der Waals surface area contributed by atoms with Crippen LogP contribution in [0.15, 0.2) is 54.2 Å². The maximum Gasteiger partial charge on any atom is 0.409 e. The van der Waals surface area contributed by atoms with Crippen LogP contribution in [0.2, 0.25) is 0 Å². The summed E-state index contributed by atoms with van der Waals surface area (Å²) in [4.78, 5) is 35.0. The maximum atomic E-state index is 13.5. The fourth-order valence-corrected chi connectivity index (χ4v) is 5.05. The molecule has 3 rings (SSSR count). The number of amides is 2. The highest BCUT2D eigenvalue weighted by atomic mass is 32.2. The van der Waals surface area contributed by atoms with Crippen molar-refractivity contribution < 1.29 is 40.5 Å². The molecule has 11 nitrogen and oxygen atoms in total. The first-order chi connectivity index (χ1) is 18.7. The van der Waals surface area contributed by atoms with E-state index in [9.17, 15) is 31.2 Å². The number of methoxy groups -OCH3 is 1. The number of alkyl halides is 3. The number of halogens is 3. The van der Waals surface area contributed by atoms with Gasteiger partial charge < -0.3 is 10.1 Å². The number of nitrogens with zero attached hydrogens (tertiary/aromatic N) is 3. The number of carbonyl (C=O) groups excluding carboxylic acids is 2. The van der Waals surface area contributed by atoms with Gasteiger partial charge in [-0.15, -0.1) is 11.3 Å². The van der Waals surface area contributed by atoms with Gasteiger partial charge in [0.05, 0.1) is 31.0 Å². The van der Waals surface area contributed by atoms with Crippen molar-refractivity contribution in [2.45, 2.75) is 37.5 Å². The molecule has 2 heterocycles. The molecule has 1 aromatic carbocycles. The SMILES string of the molecule is COC(=O)N(C)C(Cc1ccncc1)C(=O)N[C@@H](Cc1ccc(NS(=O)(=O)O)cc1)c1nc(CC(F)(F)F)cs1. The first kappa shape index (κ1) is 30.8. The number of hydrogen-bond donors (Lipinski definition) is 3. The van der Waals surface area contributed by atoms with E-state index in [1.54, 1.807) is 12.1 Å². The molecule has 2 amide bonds. The van der Waals surface area contributed by atoms with Gasteiger partial charge in [-0.2, -0.15) is 21.6 Å². The number of ether oxygens (including phenoxy) is 1. The Bertz CT molecular complexity index is 1400. The number of benzene rings is 1. The van der Waals surface area contributed by atoms with E-state index in [4.69, 9.17) is 9.29 Å². The Kier molecular flexibility index (Phi) is 10.1. The summed E-state index contributed by atoms with van der Waals surface area (Å²) in [5, 5.41) is 4.27. The van der Waals surface area contributed by atoms with Crippen LogP contribution < -0.4 is 10.0 Å². The Morgan fingerprint density at radius 1 is 1.10 bits per heavy atom. The lowest BCUT2D eigenvalue weighted by atomic mass is 10.0. The average molecular weight is 602 g/mol. The van der Waals surface area contributed by atoms with Crippen molar-refractivity contribution in [2.75, 3.05) is 18.9 Å². The molecule has 0 fully saturated rings. The van der Waals surface area contributed by atoms with E-state index in [1.165, 1.54) is 56.2 Å². The lowest BCUT2D eigenvalue weighted by Crippen LogP contribution is -2.50. The van der Waals surface area contributed by atoms with Crippen LogP contribution in [-0.4, -0.2) is 66.2 Å². The molecule has 16 heteroatoms. The first-order valence-electron chi connectivity index (χ1n) is 11.6. The number of aromatic nitrogens is 2. The molecule has 0 aliphatic carbocycles. The largest absolute Gasteiger partial charge is 0.453 e. The number of rotatable bonds is 11. The predicted molar refractivity (Wildman–Crippen MR) is 140 cm³/mol. The second-order valence-electron chi connectivity index (χ2n) is 8.66. The number of pyridine rings is 1. The van der Waals surface area contributed by atoms with E-state index >= 15 is 0 Å². The number of hydrogen-bond acceptors (Lipinski definition) is 8. The van der Waals surface area contributed by atoms with Crippen LogP contribution in [0.25, 0.3) is 0 Å². The van der Waals surface area contributed by atoms with Gasteiger partial charge in [0.25, 0.3) is 0 Å². The molecule has 1 unspecified atom stereocenters. The molecule has 0 aliphatic rings. The molecule has 0 spiro atoms. The molecule has 0 saturated heterocycles. The second kappa shape index (κ2) is 13.1. The zero-order valence-corrected chi connectivity index (χ0v) is 22.9. The summed E-state index contributed by atoms with van der Waals surface area (Å²) in [5.41, 5.74) is 1.14. The quantitative estimate of drug-likeness (QED) is 0.282. The van der Waals surface area contributed by atoms with Crippen LogP contribution in [0.5, 0.6) is 0 Å². The molecule has 2 atom stereocenters. The summed E-state index contributed by atoms with van der Waals surface area (Å²) in [6, 6.07) is 7.19. The van der Waals surface area contributed by atoms with E-state index in [2.05, 4.69) is 15.3 Å². The summed E-state index contributed by atoms with van der Waals surface area (Å²) in [6.45, 7) is 0. The lowest BCUT2D eigenvalue weighted by Gasteiger charge is -2.28. The van der Waals surface area contributed by atoms with Crippen molar-refractivity contribution in [1.29, 1.82) is 0 Å². The molecular weight excluding hydrogens is 575 g/mol. The van der Waals surface area contributed by atoms with Crippen molar-refractivity contribution in [3.63, 3.8) is 0 Å². The Hall–Kier alpha value is -3.76. The van der Waals surface area contributed by atoms with E-state index in [-0.39, 0.29) is 29.2 Å². The van der Waals surface area contributed by atoms with Gasteiger partial charge >= 0.3 is 22.6 Å². The monoisotopic (exact) mass is 601 g/mol. The van der Waals surface area contributed by atoms with Crippen LogP contribution in [0.4, 0.5) is 23.7 Å². The van der Waals surface area contributed by atoms with Crippen molar-refractivity contribution in [3.8, 4) is 0 Å². The molecule has 2 aromatic heterocycles. The van der Waals surface area contributed by atoms with Crippen molar-refractivity contribution in [2.24, 2.45) is 0 Å². The van der Waals surface area contributed by atoms with E-state index in [0.29, 0.717) is 11.1 Å². The predicted octanol–water partition coefficient (Wildman–Crippen LogP) is 3.57. The summed E-state index contributed by atoms with van der Waals surface area (Å²) < 4.78 is 76.6. The fraction of sp³-hybridized carbons (Fsp3) is 0.333. The molecule has 0 saturated carbocycles. The van der Waals surface area contributed by atoms with Crippen molar-refractivity contribution in [1.82, 2.24) is 20.2 Å². The molecule has 3 aromatic rings. The van der Waals surface area contributed by atoms with E-state index in [0.717, 1.165) is 16.2 Å². The number of nitrogens with one attached hydrogen (secondary N) is 2. The Morgan fingerprint density at radius 3 is 2.30 bits per heavy atom. The average Bonchev–Trinajstić information content (AvgIpc) is 3.33. The van der Waals surface area contributed by atoms with Crippen molar-refractivity contribution >= 4 is 39.3 Å². The summed E-state index contributed by atoms with van der Waals surface area (Å²) in [5.74, 6) is -0.605. The normalized spacial score (nSPS) is 13.2. The Labute approximate surface area is 232 Å². The third-order valence-corrected chi connectivity index (χ3v) is 7.12. The van der Waals surface area contributed by atoms with E-state index < -0.39 is 47.0 Å². The summed E-state index contributed by atoms with van der Waals surface area (Å²) in [6.07, 6.45) is -3.25. The Morgan fingerprint density at radius 2 is 1.73 bits per heavy atom. The highest BCUT2D eigenvalue weighted by Gasteiger charge is 2.32. The number of thiazole rings is 1. The molecule has 0 bridgehead atoms. The number of likely N-dealkylation sites (N-methyl/N-ethyl adjacent to an activating group) is 1. The zero-order valence-electron chi connectivity index (χ0n) is 21.3. The highest BCUT2D eigenvalue weighted by Crippen LogP contribution is 2.27. The standard InChI is InChI=1S/C24H26F3N5O6S2/c1-32(23(34)38-2)20(12-16-7-9-28-10-8-16)21(33)30-19(22-29-18(14-39-22)13-24(25,26)27)11-15-3-5-17(6-4-15)31-40(35,36)37/h3-10,14,19-20,31H,11-13H2,1-2H3,(H,30,33)(H,35,36,37)/t19-,20?/m0/s1. The van der Waals surface area contributed by atoms with Crippen molar-refractivity contribution in [3.05, 3.63) is 76.0 Å². The van der Waals surface area contributed by atoms with Crippen LogP contribution in [0, 0.1) is 0 Å². The fourth-order valence-electron chi connectivity index (χ4n) is 3.75. The second-order valence-corrected chi connectivity index (χ2v) is 10.7. The minimum Gasteiger partial charge on any atom is -0.453 e.